The van der Waals surface area contributed by atoms with Crippen LogP contribution < -0.4 is 10.5 Å². The van der Waals surface area contributed by atoms with Gasteiger partial charge in [-0.1, -0.05) is 19.8 Å². The molecule has 1 aromatic rings. The topological polar surface area (TPSA) is 61.0 Å². The summed E-state index contributed by atoms with van der Waals surface area (Å²) >= 11 is 0. The molecule has 4 nitrogen and oxygen atoms in total. The molecule has 0 spiro atoms. The first-order chi connectivity index (χ1) is 7.26. The second-order valence-electron chi connectivity index (χ2n) is 3.54. The Morgan fingerprint density at radius 3 is 2.80 bits per heavy atom. The van der Waals surface area contributed by atoms with E-state index < -0.39 is 0 Å². The predicted molar refractivity (Wildman–Crippen MR) is 59.7 cm³/mol. The predicted octanol–water partition coefficient (Wildman–Crippen LogP) is 1.81. The molecule has 1 heterocycles. The van der Waals surface area contributed by atoms with Crippen LogP contribution in [0.25, 0.3) is 0 Å². The smallest absolute Gasteiger partial charge is 0.316 e. The lowest BCUT2D eigenvalue weighted by Gasteiger charge is -2.06. The number of rotatable bonds is 6. The third kappa shape index (κ3) is 4.25. The quantitative estimate of drug-likeness (QED) is 0.726. The highest BCUT2D eigenvalue weighted by Crippen LogP contribution is 2.07. The third-order valence-electron chi connectivity index (χ3n) is 2.07. The zero-order valence-corrected chi connectivity index (χ0v) is 9.49. The van der Waals surface area contributed by atoms with Crippen LogP contribution in [0.5, 0.6) is 6.01 Å². The molecule has 0 fully saturated rings. The molecular formula is C11H19N3O. The summed E-state index contributed by atoms with van der Waals surface area (Å²) in [4.78, 5) is 8.38. The molecule has 0 saturated carbocycles. The van der Waals surface area contributed by atoms with Crippen molar-refractivity contribution in [3.05, 3.63) is 17.5 Å². The first-order valence-corrected chi connectivity index (χ1v) is 5.43. The maximum Gasteiger partial charge on any atom is 0.316 e. The molecular weight excluding hydrogens is 190 g/mol. The number of ether oxygens (including phenoxy) is 1. The van der Waals surface area contributed by atoms with Crippen molar-refractivity contribution in [1.29, 1.82) is 0 Å². The molecule has 0 aliphatic rings. The molecule has 0 aliphatic heterocycles. The van der Waals surface area contributed by atoms with Gasteiger partial charge in [-0.3, -0.25) is 0 Å². The molecule has 1 rings (SSSR count). The second kappa shape index (κ2) is 6.35. The van der Waals surface area contributed by atoms with Crippen LogP contribution in [0.15, 0.2) is 6.07 Å². The summed E-state index contributed by atoms with van der Waals surface area (Å²) in [7, 11) is 0. The zero-order chi connectivity index (χ0) is 11.1. The summed E-state index contributed by atoms with van der Waals surface area (Å²) in [5, 5.41) is 0. The Labute approximate surface area is 90.9 Å². The van der Waals surface area contributed by atoms with Gasteiger partial charge in [-0.15, -0.1) is 0 Å². The van der Waals surface area contributed by atoms with Crippen molar-refractivity contribution in [3.8, 4) is 6.01 Å². The molecule has 84 valence electrons. The first kappa shape index (κ1) is 11.9. The molecule has 4 heteroatoms. The van der Waals surface area contributed by atoms with Crippen molar-refractivity contribution in [2.24, 2.45) is 5.73 Å². The third-order valence-corrected chi connectivity index (χ3v) is 2.07. The van der Waals surface area contributed by atoms with Crippen LogP contribution in [0.2, 0.25) is 0 Å². The number of nitrogens with zero attached hydrogens (tertiary/aromatic N) is 2. The van der Waals surface area contributed by atoms with Gasteiger partial charge in [-0.25, -0.2) is 4.98 Å². The van der Waals surface area contributed by atoms with Crippen molar-refractivity contribution in [2.45, 2.75) is 39.7 Å². The molecule has 15 heavy (non-hydrogen) atoms. The van der Waals surface area contributed by atoms with E-state index in [0.29, 0.717) is 19.2 Å². The molecule has 0 saturated heterocycles. The molecule has 0 aliphatic carbocycles. The second-order valence-corrected chi connectivity index (χ2v) is 3.54. The monoisotopic (exact) mass is 209 g/mol. The van der Waals surface area contributed by atoms with Crippen molar-refractivity contribution in [3.63, 3.8) is 0 Å². The summed E-state index contributed by atoms with van der Waals surface area (Å²) in [5.41, 5.74) is 7.24. The minimum Gasteiger partial charge on any atom is -0.463 e. The van der Waals surface area contributed by atoms with E-state index in [4.69, 9.17) is 10.5 Å². The molecule has 0 aromatic carbocycles. The molecule has 0 bridgehead atoms. The molecule has 0 unspecified atom stereocenters. The molecule has 2 N–H and O–H groups in total. The molecule has 0 atom stereocenters. The van der Waals surface area contributed by atoms with Crippen molar-refractivity contribution in [2.75, 3.05) is 6.61 Å². The van der Waals surface area contributed by atoms with Crippen LogP contribution in [0.4, 0.5) is 0 Å². The zero-order valence-electron chi connectivity index (χ0n) is 9.49. The van der Waals surface area contributed by atoms with E-state index in [1.807, 2.05) is 13.0 Å². The Hall–Kier alpha value is -1.16. The minimum atomic E-state index is 0.425. The highest BCUT2D eigenvalue weighted by Gasteiger charge is 2.01. The Balaban J connectivity index is 2.49. The Morgan fingerprint density at radius 2 is 2.13 bits per heavy atom. The van der Waals surface area contributed by atoms with Crippen LogP contribution >= 0.6 is 0 Å². The van der Waals surface area contributed by atoms with Gasteiger partial charge >= 0.3 is 6.01 Å². The van der Waals surface area contributed by atoms with Crippen LogP contribution in [0.1, 0.15) is 37.6 Å². The van der Waals surface area contributed by atoms with Crippen molar-refractivity contribution < 1.29 is 4.74 Å². The summed E-state index contributed by atoms with van der Waals surface area (Å²) < 4.78 is 5.45. The number of hydrogen-bond donors (Lipinski definition) is 1. The average molecular weight is 209 g/mol. The van der Waals surface area contributed by atoms with E-state index in [2.05, 4.69) is 16.9 Å². The lowest BCUT2D eigenvalue weighted by Crippen LogP contribution is -2.06. The van der Waals surface area contributed by atoms with E-state index in [-0.39, 0.29) is 0 Å². The van der Waals surface area contributed by atoms with E-state index in [1.165, 1.54) is 12.8 Å². The fourth-order valence-corrected chi connectivity index (χ4v) is 1.29. The van der Waals surface area contributed by atoms with Gasteiger partial charge < -0.3 is 10.5 Å². The van der Waals surface area contributed by atoms with Crippen molar-refractivity contribution >= 4 is 0 Å². The molecule has 0 amide bonds. The SMILES string of the molecule is CCCCCOc1nc(C)cc(CN)n1. The fraction of sp³-hybridized carbons (Fsp3) is 0.636. The van der Waals surface area contributed by atoms with E-state index in [0.717, 1.165) is 17.8 Å². The van der Waals surface area contributed by atoms with Gasteiger partial charge in [0, 0.05) is 12.2 Å². The number of unbranched alkanes of at least 4 members (excludes halogenated alkanes) is 2. The highest BCUT2D eigenvalue weighted by molar-refractivity contribution is 5.12. The molecule has 1 aromatic heterocycles. The number of hydrogen-bond acceptors (Lipinski definition) is 4. The first-order valence-electron chi connectivity index (χ1n) is 5.43. The van der Waals surface area contributed by atoms with E-state index >= 15 is 0 Å². The van der Waals surface area contributed by atoms with Crippen LogP contribution in [-0.2, 0) is 6.54 Å². The fourth-order valence-electron chi connectivity index (χ4n) is 1.29. The Kier molecular flexibility index (Phi) is 5.04. The Bertz CT molecular complexity index is 302. The normalized spacial score (nSPS) is 10.3. The van der Waals surface area contributed by atoms with Gasteiger partial charge in [-0.05, 0) is 19.4 Å². The summed E-state index contributed by atoms with van der Waals surface area (Å²) in [5.74, 6) is 0. The van der Waals surface area contributed by atoms with Crippen molar-refractivity contribution in [1.82, 2.24) is 9.97 Å². The minimum absolute atomic E-state index is 0.425. The van der Waals surface area contributed by atoms with Crippen LogP contribution in [-0.4, -0.2) is 16.6 Å². The van der Waals surface area contributed by atoms with E-state index in [9.17, 15) is 0 Å². The van der Waals surface area contributed by atoms with Gasteiger partial charge in [0.1, 0.15) is 0 Å². The summed E-state index contributed by atoms with van der Waals surface area (Å²) in [6.45, 7) is 5.19. The lowest BCUT2D eigenvalue weighted by atomic mass is 10.3. The standard InChI is InChI=1S/C11H19N3O/c1-3-4-5-6-15-11-13-9(2)7-10(8-12)14-11/h7H,3-6,8,12H2,1-2H3. The molecule has 0 radical (unpaired) electrons. The maximum atomic E-state index is 5.52. The summed E-state index contributed by atoms with van der Waals surface area (Å²) in [6, 6.07) is 2.32. The summed E-state index contributed by atoms with van der Waals surface area (Å²) in [6.07, 6.45) is 3.41. The number of nitrogens with two attached hydrogens (primary N) is 1. The highest BCUT2D eigenvalue weighted by atomic mass is 16.5. The van der Waals surface area contributed by atoms with Gasteiger partial charge in [0.25, 0.3) is 0 Å². The largest absolute Gasteiger partial charge is 0.463 e. The van der Waals surface area contributed by atoms with Gasteiger partial charge in [0.05, 0.1) is 12.3 Å². The van der Waals surface area contributed by atoms with Gasteiger partial charge in [0.15, 0.2) is 0 Å². The number of aromatic nitrogens is 2. The Morgan fingerprint density at radius 1 is 1.33 bits per heavy atom. The van der Waals surface area contributed by atoms with Gasteiger partial charge in [0.2, 0.25) is 0 Å². The number of aryl methyl sites for hydroxylation is 1. The van der Waals surface area contributed by atoms with Crippen LogP contribution in [0, 0.1) is 6.92 Å². The van der Waals surface area contributed by atoms with Gasteiger partial charge in [-0.2, -0.15) is 4.98 Å². The maximum absolute atomic E-state index is 5.52. The van der Waals surface area contributed by atoms with Crippen LogP contribution in [0.3, 0.4) is 0 Å². The van der Waals surface area contributed by atoms with E-state index in [1.54, 1.807) is 0 Å². The average Bonchev–Trinajstić information content (AvgIpc) is 2.23. The lowest BCUT2D eigenvalue weighted by molar-refractivity contribution is 0.281.